The van der Waals surface area contributed by atoms with Gasteiger partial charge in [-0.25, -0.2) is 0 Å². The molecule has 1 fully saturated rings. The molecule has 1 rings (SSSR count). The Morgan fingerprint density at radius 2 is 1.12 bits per heavy atom. The molecule has 0 aromatic heterocycles. The average Bonchev–Trinajstić information content (AvgIpc) is 2.55. The third-order valence-electron chi connectivity index (χ3n) is 2.75. The molecule has 1 heterocycles. The molecule has 0 aromatic rings. The van der Waals surface area contributed by atoms with Gasteiger partial charge in [-0.3, -0.25) is 0 Å². The van der Waals surface area contributed by atoms with Crippen molar-refractivity contribution in [3.63, 3.8) is 0 Å². The zero-order valence-electron chi connectivity index (χ0n) is 13.3. The van der Waals surface area contributed by atoms with E-state index in [1.54, 1.807) is 0 Å². The Hall–Kier alpha value is 0.841. The molecule has 0 N–H and O–H groups in total. The lowest BCUT2D eigenvalue weighted by molar-refractivity contribution is 0.974. The molecule has 6 heteroatoms. The molecule has 1 saturated heterocycles. The molecule has 1 aliphatic rings. The summed E-state index contributed by atoms with van der Waals surface area (Å²) in [7, 11) is -4.74. The van der Waals surface area contributed by atoms with Crippen molar-refractivity contribution in [3.8, 4) is 0 Å². The number of rotatable bonds is 4. The van der Waals surface area contributed by atoms with Gasteiger partial charge in [0.05, 0.1) is 0 Å². The van der Waals surface area contributed by atoms with Crippen molar-refractivity contribution in [3.05, 3.63) is 0 Å². The minimum absolute atomic E-state index is 1.02. The Labute approximate surface area is 112 Å². The van der Waals surface area contributed by atoms with Crippen LogP contribution in [0.3, 0.4) is 0 Å². The lowest BCUT2D eigenvalue weighted by atomic mass is 11.0. The summed E-state index contributed by atoms with van der Waals surface area (Å²) in [4.78, 5) is 0. The minimum atomic E-state index is -1.27. The van der Waals surface area contributed by atoms with Gasteiger partial charge in [-0.05, 0) is 12.3 Å². The van der Waals surface area contributed by atoms with Crippen LogP contribution in [0.4, 0.5) is 0 Å². The van der Waals surface area contributed by atoms with Gasteiger partial charge < -0.3 is 8.41 Å². The maximum absolute atomic E-state index is 5.43. The molecule has 0 spiro atoms. The van der Waals surface area contributed by atoms with E-state index in [4.69, 9.17) is 4.41 Å². The molecule has 0 amide bonds. The zero-order valence-corrected chi connectivity index (χ0v) is 17.2. The fourth-order valence-corrected chi connectivity index (χ4v) is 28.8. The minimum Gasteiger partial charge on any atom is -0.325 e. The van der Waals surface area contributed by atoms with Crippen LogP contribution in [0, 0.1) is 0 Å². The van der Waals surface area contributed by atoms with Crippen molar-refractivity contribution < 1.29 is 0 Å². The Bertz CT molecular complexity index is 325. The van der Waals surface area contributed by atoms with Crippen molar-refractivity contribution in [1.29, 1.82) is 0 Å². The van der Waals surface area contributed by atoms with Crippen molar-refractivity contribution in [1.82, 2.24) is 4.00 Å². The second-order valence-electron chi connectivity index (χ2n) is 8.25. The SMILES string of the molecule is C[Si](C)(C)N=P1(N([Si](C)(C)C)[Si](C)(C)C)CC1. The summed E-state index contributed by atoms with van der Waals surface area (Å²) in [5.41, 5.74) is 0. The van der Waals surface area contributed by atoms with Gasteiger partial charge in [0, 0.05) is 7.21 Å². The highest BCUT2D eigenvalue weighted by molar-refractivity contribution is 7.75. The molecule has 0 unspecified atom stereocenters. The first-order chi connectivity index (χ1) is 7.28. The van der Waals surface area contributed by atoms with Gasteiger partial charge >= 0.3 is 0 Å². The van der Waals surface area contributed by atoms with Gasteiger partial charge in [0.15, 0.2) is 8.24 Å². The van der Waals surface area contributed by atoms with Gasteiger partial charge in [0.1, 0.15) is 16.5 Å². The lowest BCUT2D eigenvalue weighted by Gasteiger charge is -2.46. The smallest absolute Gasteiger partial charge is 0.172 e. The maximum atomic E-state index is 5.43. The molecule has 0 aromatic carbocycles. The summed E-state index contributed by atoms with van der Waals surface area (Å²) in [6, 6.07) is 0. The first-order valence-electron chi connectivity index (χ1n) is 6.70. The first-order valence-corrected chi connectivity index (χ1v) is 19.1. The highest BCUT2D eigenvalue weighted by atomic mass is 31.2. The van der Waals surface area contributed by atoms with Gasteiger partial charge in [-0.2, -0.15) is 0 Å². The van der Waals surface area contributed by atoms with E-state index in [9.17, 15) is 0 Å². The Kier molecular flexibility index (Phi) is 4.15. The predicted molar refractivity (Wildman–Crippen MR) is 91.0 cm³/mol. The molecule has 0 atom stereocenters. The van der Waals surface area contributed by atoms with Gasteiger partial charge in [0.25, 0.3) is 0 Å². The van der Waals surface area contributed by atoms with Gasteiger partial charge in [0.2, 0.25) is 0 Å². The van der Waals surface area contributed by atoms with E-state index in [1.165, 1.54) is 12.3 Å². The van der Waals surface area contributed by atoms with Crippen molar-refractivity contribution in [2.45, 2.75) is 58.9 Å². The topological polar surface area (TPSA) is 15.6 Å². The van der Waals surface area contributed by atoms with Crippen LogP contribution in [0.5, 0.6) is 0 Å². The van der Waals surface area contributed by atoms with Crippen LogP contribution in [-0.2, 0) is 0 Å². The standard InChI is InChI=1S/C11H31N2PSi3/c1-15(2,3)12-14(10-11-14)13(16(4,5)6)17(7,8)9/h10-11H2,1-9H3. The van der Waals surface area contributed by atoms with E-state index in [0.717, 1.165) is 0 Å². The molecule has 2 nitrogen and oxygen atoms in total. The molecule has 102 valence electrons. The lowest BCUT2D eigenvalue weighted by Crippen LogP contribution is -2.55. The largest absolute Gasteiger partial charge is 0.325 e. The maximum Gasteiger partial charge on any atom is 0.172 e. The monoisotopic (exact) mass is 306 g/mol. The first kappa shape index (κ1) is 15.9. The third-order valence-corrected chi connectivity index (χ3v) is 21.0. The molecular formula is C11H31N2PSi3. The molecular weight excluding hydrogens is 275 g/mol. The number of nitrogens with zero attached hydrogens (tertiary/aromatic N) is 2. The highest BCUT2D eigenvalue weighted by Crippen LogP contribution is 2.70. The summed E-state index contributed by atoms with van der Waals surface area (Å²) >= 11 is 0. The van der Waals surface area contributed by atoms with E-state index in [1.807, 2.05) is 0 Å². The molecule has 0 saturated carbocycles. The van der Waals surface area contributed by atoms with E-state index in [2.05, 4.69) is 62.9 Å². The summed E-state index contributed by atoms with van der Waals surface area (Å²) < 4.78 is 8.46. The van der Waals surface area contributed by atoms with E-state index in [-0.39, 0.29) is 0 Å². The van der Waals surface area contributed by atoms with E-state index >= 15 is 0 Å². The summed E-state index contributed by atoms with van der Waals surface area (Å²) in [6.45, 7) is 22.3. The number of hydrogen-bond donors (Lipinski definition) is 0. The molecule has 0 radical (unpaired) electrons. The number of hydrogen-bond acceptors (Lipinski definition) is 1. The average molecular weight is 307 g/mol. The second kappa shape index (κ2) is 4.44. The molecule has 17 heavy (non-hydrogen) atoms. The second-order valence-corrected chi connectivity index (χ2v) is 27.2. The van der Waals surface area contributed by atoms with Crippen molar-refractivity contribution in [2.24, 2.45) is 4.41 Å². The predicted octanol–water partition coefficient (Wildman–Crippen LogP) is 4.92. The van der Waals surface area contributed by atoms with E-state index < -0.39 is 31.9 Å². The summed E-state index contributed by atoms with van der Waals surface area (Å²) in [5, 5.41) is 0. The summed E-state index contributed by atoms with van der Waals surface area (Å²) in [5.74, 6) is 0. The molecule has 1 aliphatic heterocycles. The normalized spacial score (nSPS) is 20.6. The fraction of sp³-hybridized carbons (Fsp3) is 1.00. The van der Waals surface area contributed by atoms with Crippen LogP contribution in [0.15, 0.2) is 4.41 Å². The van der Waals surface area contributed by atoms with Crippen LogP contribution in [0.2, 0.25) is 58.9 Å². The quantitative estimate of drug-likeness (QED) is 0.531. The highest BCUT2D eigenvalue weighted by Gasteiger charge is 2.50. The van der Waals surface area contributed by atoms with Gasteiger partial charge in [-0.1, -0.05) is 58.9 Å². The van der Waals surface area contributed by atoms with E-state index in [0.29, 0.717) is 0 Å². The molecule has 0 aliphatic carbocycles. The van der Waals surface area contributed by atoms with Gasteiger partial charge in [-0.15, -0.1) is 0 Å². The van der Waals surface area contributed by atoms with Crippen LogP contribution in [0.1, 0.15) is 0 Å². The van der Waals surface area contributed by atoms with Crippen LogP contribution in [-0.4, -0.2) is 41.0 Å². The zero-order chi connectivity index (χ0) is 13.7. The van der Waals surface area contributed by atoms with Crippen LogP contribution >= 0.6 is 7.21 Å². The Morgan fingerprint density at radius 3 is 1.29 bits per heavy atom. The van der Waals surface area contributed by atoms with Crippen molar-refractivity contribution in [2.75, 3.05) is 12.3 Å². The molecule has 0 bridgehead atoms. The van der Waals surface area contributed by atoms with Crippen LogP contribution < -0.4 is 0 Å². The Morgan fingerprint density at radius 1 is 0.765 bits per heavy atom. The van der Waals surface area contributed by atoms with Crippen molar-refractivity contribution >= 4 is 31.9 Å². The summed E-state index contributed by atoms with van der Waals surface area (Å²) in [6.07, 6.45) is 2.84. The Balaban J connectivity index is 3.23. The van der Waals surface area contributed by atoms with Crippen LogP contribution in [0.25, 0.3) is 0 Å². The fourth-order valence-electron chi connectivity index (χ4n) is 3.12. The third kappa shape index (κ3) is 4.17.